The molecule has 0 radical (unpaired) electrons. The Labute approximate surface area is 346 Å². The van der Waals surface area contributed by atoms with Gasteiger partial charge in [0.1, 0.15) is 0 Å². The van der Waals surface area contributed by atoms with Crippen LogP contribution in [0.2, 0.25) is 0 Å². The van der Waals surface area contributed by atoms with E-state index in [9.17, 15) is 0 Å². The maximum atomic E-state index is 2.44. The fourth-order valence-electron chi connectivity index (χ4n) is 10.9. The first-order valence-corrected chi connectivity index (χ1v) is 20.8. The largest absolute Gasteiger partial charge is 0.310 e. The molecule has 0 aromatic heterocycles. The second kappa shape index (κ2) is 12.6. The van der Waals surface area contributed by atoms with Crippen molar-refractivity contribution in [3.63, 3.8) is 0 Å². The molecule has 278 valence electrons. The lowest BCUT2D eigenvalue weighted by Gasteiger charge is -2.32. The third-order valence-corrected chi connectivity index (χ3v) is 13.5. The van der Waals surface area contributed by atoms with Crippen molar-refractivity contribution in [2.75, 3.05) is 4.90 Å². The van der Waals surface area contributed by atoms with Gasteiger partial charge in [0.05, 0.1) is 5.41 Å². The Kier molecular flexibility index (Phi) is 7.26. The lowest BCUT2D eigenvalue weighted by Crippen LogP contribution is -2.26. The van der Waals surface area contributed by atoms with Gasteiger partial charge < -0.3 is 4.90 Å². The van der Waals surface area contributed by atoms with Gasteiger partial charge in [-0.05, 0) is 125 Å². The van der Waals surface area contributed by atoms with E-state index < -0.39 is 5.41 Å². The Morgan fingerprint density at radius 3 is 1.41 bits per heavy atom. The van der Waals surface area contributed by atoms with Crippen LogP contribution in [0.3, 0.4) is 0 Å². The molecule has 9 aromatic carbocycles. The Balaban J connectivity index is 1.04. The molecule has 0 aliphatic heterocycles. The summed E-state index contributed by atoms with van der Waals surface area (Å²) >= 11 is 0. The zero-order valence-corrected chi connectivity index (χ0v) is 33.2. The van der Waals surface area contributed by atoms with E-state index in [0.29, 0.717) is 0 Å². The molecule has 9 aromatic rings. The summed E-state index contributed by atoms with van der Waals surface area (Å²) in [6.07, 6.45) is 0. The van der Waals surface area contributed by atoms with E-state index in [1.807, 2.05) is 0 Å². The number of anilines is 3. The molecule has 0 N–H and O–H groups in total. The van der Waals surface area contributed by atoms with Gasteiger partial charge in [0.15, 0.2) is 0 Å². The molecule has 59 heavy (non-hydrogen) atoms. The summed E-state index contributed by atoms with van der Waals surface area (Å²) < 4.78 is 0. The van der Waals surface area contributed by atoms with Crippen molar-refractivity contribution >= 4 is 17.1 Å². The first-order chi connectivity index (χ1) is 29.0. The van der Waals surface area contributed by atoms with Crippen LogP contribution in [0.5, 0.6) is 0 Å². The van der Waals surface area contributed by atoms with E-state index in [1.165, 1.54) is 89.0 Å². The smallest absolute Gasteiger partial charge is 0.0731 e. The fourth-order valence-corrected chi connectivity index (χ4v) is 10.9. The standard InChI is InChI=1S/C58H41N/c1-57(2)51-26-10-6-20-45(51)49-35-34-43(37-55(49)57)59(42-19-14-18-40(36-42)38-16-4-3-5-17-38)41-32-30-39(31-33-41)44-24-15-25-50-48-23-9-13-29-54(48)58(56(44)50)52-27-11-7-21-46(52)47-22-8-12-28-53(47)58/h3-37H,1-2H3. The second-order valence-corrected chi connectivity index (χ2v) is 16.8. The summed E-state index contributed by atoms with van der Waals surface area (Å²) in [7, 11) is 0. The highest BCUT2D eigenvalue weighted by atomic mass is 15.1. The molecule has 3 aliphatic carbocycles. The van der Waals surface area contributed by atoms with Gasteiger partial charge in [-0.2, -0.15) is 0 Å². The van der Waals surface area contributed by atoms with Crippen LogP contribution in [0.4, 0.5) is 17.1 Å². The topological polar surface area (TPSA) is 3.24 Å². The summed E-state index contributed by atoms with van der Waals surface area (Å²) in [6, 6.07) is 79.1. The van der Waals surface area contributed by atoms with E-state index in [0.717, 1.165) is 17.1 Å². The molecule has 0 saturated heterocycles. The molecule has 0 amide bonds. The maximum absolute atomic E-state index is 2.44. The molecule has 0 saturated carbocycles. The molecule has 1 nitrogen and oxygen atoms in total. The number of benzene rings is 9. The average Bonchev–Trinajstić information content (AvgIpc) is 3.86. The summed E-state index contributed by atoms with van der Waals surface area (Å²) in [6.45, 7) is 4.72. The summed E-state index contributed by atoms with van der Waals surface area (Å²) in [5, 5.41) is 0. The van der Waals surface area contributed by atoms with E-state index >= 15 is 0 Å². The zero-order chi connectivity index (χ0) is 39.3. The van der Waals surface area contributed by atoms with Gasteiger partial charge in [0.25, 0.3) is 0 Å². The molecular formula is C58H41N. The van der Waals surface area contributed by atoms with Crippen molar-refractivity contribution in [3.8, 4) is 55.6 Å². The van der Waals surface area contributed by atoms with Gasteiger partial charge in [-0.15, -0.1) is 0 Å². The Morgan fingerprint density at radius 1 is 0.288 bits per heavy atom. The average molecular weight is 752 g/mol. The highest BCUT2D eigenvalue weighted by Gasteiger charge is 2.52. The number of rotatable bonds is 5. The van der Waals surface area contributed by atoms with Crippen LogP contribution in [0, 0.1) is 0 Å². The summed E-state index contributed by atoms with van der Waals surface area (Å²) in [4.78, 5) is 2.44. The third-order valence-electron chi connectivity index (χ3n) is 13.5. The van der Waals surface area contributed by atoms with E-state index in [4.69, 9.17) is 0 Å². The van der Waals surface area contributed by atoms with Gasteiger partial charge in [0, 0.05) is 22.5 Å². The minimum Gasteiger partial charge on any atom is -0.310 e. The van der Waals surface area contributed by atoms with Crippen LogP contribution >= 0.6 is 0 Å². The molecule has 1 spiro atoms. The molecule has 0 unspecified atom stereocenters. The van der Waals surface area contributed by atoms with Crippen molar-refractivity contribution in [1.29, 1.82) is 0 Å². The predicted octanol–water partition coefficient (Wildman–Crippen LogP) is 15.1. The van der Waals surface area contributed by atoms with Crippen molar-refractivity contribution in [3.05, 3.63) is 246 Å². The number of hydrogen-bond acceptors (Lipinski definition) is 1. The van der Waals surface area contributed by atoms with Gasteiger partial charge in [-0.25, -0.2) is 0 Å². The summed E-state index contributed by atoms with van der Waals surface area (Å²) in [5.41, 5.74) is 23.9. The lowest BCUT2D eigenvalue weighted by atomic mass is 9.68. The van der Waals surface area contributed by atoms with Gasteiger partial charge in [0.2, 0.25) is 0 Å². The van der Waals surface area contributed by atoms with Crippen molar-refractivity contribution < 1.29 is 0 Å². The monoisotopic (exact) mass is 751 g/mol. The van der Waals surface area contributed by atoms with Crippen LogP contribution in [-0.4, -0.2) is 0 Å². The molecule has 0 bridgehead atoms. The molecule has 0 atom stereocenters. The Morgan fingerprint density at radius 2 is 0.746 bits per heavy atom. The van der Waals surface area contributed by atoms with Crippen LogP contribution in [0.25, 0.3) is 55.6 Å². The highest BCUT2D eigenvalue weighted by molar-refractivity contribution is 5.99. The van der Waals surface area contributed by atoms with Gasteiger partial charge in [-0.1, -0.05) is 190 Å². The summed E-state index contributed by atoms with van der Waals surface area (Å²) in [5.74, 6) is 0. The van der Waals surface area contributed by atoms with Gasteiger partial charge in [-0.3, -0.25) is 0 Å². The molecule has 12 rings (SSSR count). The second-order valence-electron chi connectivity index (χ2n) is 16.8. The Bertz CT molecular complexity index is 3070. The highest BCUT2D eigenvalue weighted by Crippen LogP contribution is 2.64. The molecule has 1 heteroatoms. The minimum absolute atomic E-state index is 0.109. The molecular weight excluding hydrogens is 711 g/mol. The lowest BCUT2D eigenvalue weighted by molar-refractivity contribution is 0.660. The van der Waals surface area contributed by atoms with Crippen LogP contribution < -0.4 is 4.90 Å². The van der Waals surface area contributed by atoms with Crippen LogP contribution in [0.1, 0.15) is 47.2 Å². The predicted molar refractivity (Wildman–Crippen MR) is 246 cm³/mol. The van der Waals surface area contributed by atoms with Crippen molar-refractivity contribution in [1.82, 2.24) is 0 Å². The van der Waals surface area contributed by atoms with E-state index in [2.05, 4.69) is 231 Å². The van der Waals surface area contributed by atoms with Crippen molar-refractivity contribution in [2.45, 2.75) is 24.7 Å². The number of hydrogen-bond donors (Lipinski definition) is 0. The fraction of sp³-hybridized carbons (Fsp3) is 0.0690. The zero-order valence-electron chi connectivity index (χ0n) is 33.2. The van der Waals surface area contributed by atoms with Gasteiger partial charge >= 0.3 is 0 Å². The molecule has 3 aliphatic rings. The number of fused-ring (bicyclic) bond motifs is 13. The van der Waals surface area contributed by atoms with E-state index in [1.54, 1.807) is 0 Å². The Hall–Kier alpha value is -7.22. The first-order valence-electron chi connectivity index (χ1n) is 20.8. The molecule has 0 fully saturated rings. The SMILES string of the molecule is CC1(C)c2ccccc2-c2ccc(N(c3ccc(-c4cccc5c4C4(c6ccccc6-c6ccccc64)c4ccccc4-5)cc3)c3cccc(-c4ccccc4)c3)cc21. The quantitative estimate of drug-likeness (QED) is 0.169. The van der Waals surface area contributed by atoms with E-state index in [-0.39, 0.29) is 5.41 Å². The third kappa shape index (κ3) is 4.73. The first kappa shape index (κ1) is 33.9. The minimum atomic E-state index is -0.410. The molecule has 0 heterocycles. The maximum Gasteiger partial charge on any atom is 0.0731 e. The van der Waals surface area contributed by atoms with Crippen molar-refractivity contribution in [2.24, 2.45) is 0 Å². The number of nitrogens with zero attached hydrogens (tertiary/aromatic N) is 1. The normalized spacial score (nSPS) is 14.2. The van der Waals surface area contributed by atoms with Crippen LogP contribution in [-0.2, 0) is 10.8 Å². The van der Waals surface area contributed by atoms with Crippen LogP contribution in [0.15, 0.2) is 212 Å².